The molecule has 0 aliphatic carbocycles. The third-order valence-corrected chi connectivity index (χ3v) is 3.88. The number of aryl methyl sites for hydroxylation is 1. The molecule has 0 heterocycles. The molecule has 0 bridgehead atoms. The molecule has 0 radical (unpaired) electrons. The number of nitrogens with two attached hydrogens (primary N) is 1. The fourth-order valence-electron chi connectivity index (χ4n) is 1.54. The summed E-state index contributed by atoms with van der Waals surface area (Å²) in [4.78, 5) is 0. The molecule has 3 N–H and O–H groups in total. The van der Waals surface area contributed by atoms with Gasteiger partial charge in [0.25, 0.3) is 0 Å². The first-order chi connectivity index (χ1) is 8.47. The summed E-state index contributed by atoms with van der Waals surface area (Å²) in [6.07, 6.45) is 0. The van der Waals surface area contributed by atoms with Gasteiger partial charge in [-0.15, -0.1) is 0 Å². The topological polar surface area (TPSA) is 38.0 Å². The summed E-state index contributed by atoms with van der Waals surface area (Å²) >= 11 is 5.33. The van der Waals surface area contributed by atoms with Crippen molar-refractivity contribution in [3.8, 4) is 0 Å². The van der Waals surface area contributed by atoms with Crippen LogP contribution in [0.3, 0.4) is 0 Å². The summed E-state index contributed by atoms with van der Waals surface area (Å²) in [6, 6.07) is 8.90. The molecule has 2 aromatic carbocycles. The lowest BCUT2D eigenvalue weighted by Crippen LogP contribution is -2.00. The molecule has 2 rings (SSSR count). The van der Waals surface area contributed by atoms with E-state index in [4.69, 9.17) is 5.73 Å². The van der Waals surface area contributed by atoms with Crippen molar-refractivity contribution in [3.05, 3.63) is 49.8 Å². The van der Waals surface area contributed by atoms with Gasteiger partial charge in [0.1, 0.15) is 5.82 Å². The predicted octanol–water partition coefficient (Wildman–Crippen LogP) is 4.83. The van der Waals surface area contributed by atoms with Crippen molar-refractivity contribution in [2.45, 2.75) is 6.92 Å². The molecular formula is C13H11BrFIN2. The van der Waals surface area contributed by atoms with Crippen LogP contribution in [0.2, 0.25) is 0 Å². The van der Waals surface area contributed by atoms with Crippen LogP contribution >= 0.6 is 38.5 Å². The second-order valence-corrected chi connectivity index (χ2v) is 6.02. The van der Waals surface area contributed by atoms with Gasteiger partial charge in [0, 0.05) is 16.2 Å². The first-order valence-electron chi connectivity index (χ1n) is 5.25. The predicted molar refractivity (Wildman–Crippen MR) is 85.7 cm³/mol. The average Bonchev–Trinajstić information content (AvgIpc) is 2.30. The molecule has 0 spiro atoms. The maximum Gasteiger partial charge on any atom is 0.138 e. The lowest BCUT2D eigenvalue weighted by atomic mass is 10.2. The van der Waals surface area contributed by atoms with Gasteiger partial charge in [-0.05, 0) is 53.3 Å². The molecule has 0 fully saturated rings. The van der Waals surface area contributed by atoms with Crippen LogP contribution in [-0.2, 0) is 0 Å². The first-order valence-corrected chi connectivity index (χ1v) is 7.12. The lowest BCUT2D eigenvalue weighted by molar-refractivity contribution is 0.621. The van der Waals surface area contributed by atoms with Crippen LogP contribution in [0.25, 0.3) is 0 Å². The smallest absolute Gasteiger partial charge is 0.138 e. The number of nitrogen functional groups attached to an aromatic ring is 1. The number of halogens is 3. The summed E-state index contributed by atoms with van der Waals surface area (Å²) in [6.45, 7) is 1.98. The molecule has 0 amide bonds. The van der Waals surface area contributed by atoms with Crippen LogP contribution in [0, 0.1) is 16.3 Å². The quantitative estimate of drug-likeness (QED) is 0.539. The molecule has 0 atom stereocenters. The van der Waals surface area contributed by atoms with E-state index in [1.165, 1.54) is 6.07 Å². The molecule has 2 aromatic rings. The van der Waals surface area contributed by atoms with Crippen LogP contribution in [0.5, 0.6) is 0 Å². The molecule has 94 valence electrons. The maximum absolute atomic E-state index is 13.5. The standard InChI is InChI=1S/C13H11BrFIN2/c1-7-2-3-8(14)4-12(7)18-13-5-9(15)10(16)6-11(13)17/h2-6,18H,17H2,1H3. The van der Waals surface area contributed by atoms with E-state index in [0.717, 1.165) is 15.7 Å². The Morgan fingerprint density at radius 1 is 1.22 bits per heavy atom. The highest BCUT2D eigenvalue weighted by Crippen LogP contribution is 2.29. The Kier molecular flexibility index (Phi) is 4.11. The van der Waals surface area contributed by atoms with E-state index in [-0.39, 0.29) is 5.82 Å². The molecule has 2 nitrogen and oxygen atoms in total. The van der Waals surface area contributed by atoms with Crippen LogP contribution < -0.4 is 11.1 Å². The second kappa shape index (κ2) is 5.44. The Morgan fingerprint density at radius 3 is 2.67 bits per heavy atom. The molecule has 0 saturated heterocycles. The normalized spacial score (nSPS) is 10.4. The van der Waals surface area contributed by atoms with Gasteiger partial charge in [-0.3, -0.25) is 0 Å². The number of benzene rings is 2. The SMILES string of the molecule is Cc1ccc(Br)cc1Nc1cc(F)c(I)cc1N. The van der Waals surface area contributed by atoms with E-state index in [2.05, 4.69) is 21.2 Å². The zero-order valence-corrected chi connectivity index (χ0v) is 13.3. The van der Waals surface area contributed by atoms with Crippen molar-refractivity contribution < 1.29 is 4.39 Å². The van der Waals surface area contributed by atoms with E-state index in [9.17, 15) is 4.39 Å². The maximum atomic E-state index is 13.5. The van der Waals surface area contributed by atoms with Crippen LogP contribution in [0.1, 0.15) is 5.56 Å². The first kappa shape index (κ1) is 13.6. The number of anilines is 3. The van der Waals surface area contributed by atoms with Gasteiger partial charge >= 0.3 is 0 Å². The van der Waals surface area contributed by atoms with Gasteiger partial charge in [-0.25, -0.2) is 4.39 Å². The van der Waals surface area contributed by atoms with Crippen molar-refractivity contribution >= 4 is 55.6 Å². The molecule has 0 unspecified atom stereocenters. The summed E-state index contributed by atoms with van der Waals surface area (Å²) in [5.74, 6) is -0.278. The van der Waals surface area contributed by atoms with Crippen molar-refractivity contribution in [3.63, 3.8) is 0 Å². The molecule has 18 heavy (non-hydrogen) atoms. The zero-order valence-electron chi connectivity index (χ0n) is 9.60. The minimum atomic E-state index is -0.278. The summed E-state index contributed by atoms with van der Waals surface area (Å²) in [5.41, 5.74) is 8.95. The number of hydrogen-bond donors (Lipinski definition) is 2. The third kappa shape index (κ3) is 2.95. The second-order valence-electron chi connectivity index (χ2n) is 3.94. The summed E-state index contributed by atoms with van der Waals surface area (Å²) in [7, 11) is 0. The van der Waals surface area contributed by atoms with Crippen molar-refractivity contribution in [2.24, 2.45) is 0 Å². The average molecular weight is 421 g/mol. The molecule has 0 aliphatic heterocycles. The number of nitrogens with one attached hydrogen (secondary N) is 1. The van der Waals surface area contributed by atoms with Crippen molar-refractivity contribution in [2.75, 3.05) is 11.1 Å². The largest absolute Gasteiger partial charge is 0.397 e. The Bertz CT molecular complexity index is 602. The van der Waals surface area contributed by atoms with Gasteiger partial charge in [-0.1, -0.05) is 22.0 Å². The van der Waals surface area contributed by atoms with Gasteiger partial charge in [-0.2, -0.15) is 0 Å². The molecule has 0 aliphatic rings. The van der Waals surface area contributed by atoms with Gasteiger partial charge in [0.15, 0.2) is 0 Å². The summed E-state index contributed by atoms with van der Waals surface area (Å²) in [5, 5.41) is 3.15. The molecular weight excluding hydrogens is 410 g/mol. The highest BCUT2D eigenvalue weighted by Gasteiger charge is 2.07. The number of rotatable bonds is 2. The van der Waals surface area contributed by atoms with Crippen molar-refractivity contribution in [1.82, 2.24) is 0 Å². The molecule has 0 saturated carbocycles. The Hall–Kier alpha value is -0.820. The molecule has 5 heteroatoms. The van der Waals surface area contributed by atoms with Gasteiger partial charge in [0.05, 0.1) is 14.9 Å². The van der Waals surface area contributed by atoms with E-state index >= 15 is 0 Å². The van der Waals surface area contributed by atoms with E-state index in [0.29, 0.717) is 14.9 Å². The monoisotopic (exact) mass is 420 g/mol. The lowest BCUT2D eigenvalue weighted by Gasteiger charge is -2.13. The Balaban J connectivity index is 2.40. The van der Waals surface area contributed by atoms with Crippen molar-refractivity contribution in [1.29, 1.82) is 0 Å². The van der Waals surface area contributed by atoms with E-state index in [1.54, 1.807) is 6.07 Å². The van der Waals surface area contributed by atoms with E-state index < -0.39 is 0 Å². The Morgan fingerprint density at radius 2 is 1.94 bits per heavy atom. The minimum absolute atomic E-state index is 0.278. The summed E-state index contributed by atoms with van der Waals surface area (Å²) < 4.78 is 15.0. The van der Waals surface area contributed by atoms with Crippen LogP contribution in [0.15, 0.2) is 34.8 Å². The zero-order chi connectivity index (χ0) is 13.3. The van der Waals surface area contributed by atoms with Gasteiger partial charge in [0.2, 0.25) is 0 Å². The van der Waals surface area contributed by atoms with Crippen LogP contribution in [-0.4, -0.2) is 0 Å². The fraction of sp³-hybridized carbons (Fsp3) is 0.0769. The number of hydrogen-bond acceptors (Lipinski definition) is 2. The minimum Gasteiger partial charge on any atom is -0.397 e. The highest BCUT2D eigenvalue weighted by atomic mass is 127. The molecule has 0 aromatic heterocycles. The van der Waals surface area contributed by atoms with Gasteiger partial charge < -0.3 is 11.1 Å². The van der Waals surface area contributed by atoms with Crippen LogP contribution in [0.4, 0.5) is 21.5 Å². The fourth-order valence-corrected chi connectivity index (χ4v) is 2.40. The highest BCUT2D eigenvalue weighted by molar-refractivity contribution is 14.1. The van der Waals surface area contributed by atoms with E-state index in [1.807, 2.05) is 47.7 Å². The Labute approximate surface area is 127 Å². The third-order valence-electron chi connectivity index (χ3n) is 2.56.